The summed E-state index contributed by atoms with van der Waals surface area (Å²) in [6, 6.07) is 0. The van der Waals surface area contributed by atoms with Crippen LogP contribution in [0.3, 0.4) is 0 Å². The number of allylic oxidation sites excluding steroid dienone is 1. The SMILES string of the molecule is C=COC(=C(C)C(=O)O)C(C)C. The van der Waals surface area contributed by atoms with Gasteiger partial charge < -0.3 is 9.84 Å². The summed E-state index contributed by atoms with van der Waals surface area (Å²) in [6.07, 6.45) is 1.24. The molecule has 0 spiro atoms. The molecule has 0 heterocycles. The van der Waals surface area contributed by atoms with Gasteiger partial charge in [-0.1, -0.05) is 20.4 Å². The Bertz CT molecular complexity index is 214. The van der Waals surface area contributed by atoms with Crippen LogP contribution in [0.4, 0.5) is 0 Å². The average molecular weight is 170 g/mol. The highest BCUT2D eigenvalue weighted by Gasteiger charge is 2.13. The van der Waals surface area contributed by atoms with Gasteiger partial charge in [-0.3, -0.25) is 0 Å². The predicted molar refractivity (Wildman–Crippen MR) is 46.5 cm³/mol. The Kier molecular flexibility index (Phi) is 4.11. The molecular weight excluding hydrogens is 156 g/mol. The summed E-state index contributed by atoms with van der Waals surface area (Å²) in [4.78, 5) is 10.5. The maximum atomic E-state index is 10.5. The number of ether oxygens (including phenoxy) is 1. The topological polar surface area (TPSA) is 46.5 Å². The van der Waals surface area contributed by atoms with Gasteiger partial charge in [0.05, 0.1) is 11.8 Å². The largest absolute Gasteiger partial charge is 0.478 e. The second-order valence-corrected chi connectivity index (χ2v) is 2.73. The molecule has 0 fully saturated rings. The van der Waals surface area contributed by atoms with E-state index in [-0.39, 0.29) is 11.5 Å². The Morgan fingerprint density at radius 1 is 1.58 bits per heavy atom. The summed E-state index contributed by atoms with van der Waals surface area (Å²) < 4.78 is 4.99. The lowest BCUT2D eigenvalue weighted by Gasteiger charge is -2.11. The van der Waals surface area contributed by atoms with Crippen LogP contribution in [0.5, 0.6) is 0 Å². The first-order chi connectivity index (χ1) is 5.50. The second kappa shape index (κ2) is 4.59. The quantitative estimate of drug-likeness (QED) is 0.519. The minimum absolute atomic E-state index is 0.0547. The van der Waals surface area contributed by atoms with Gasteiger partial charge in [-0.05, 0) is 6.92 Å². The van der Waals surface area contributed by atoms with Gasteiger partial charge in [0.1, 0.15) is 5.76 Å². The van der Waals surface area contributed by atoms with Crippen LogP contribution in [0.2, 0.25) is 0 Å². The Labute approximate surface area is 72.3 Å². The summed E-state index contributed by atoms with van der Waals surface area (Å²) in [5, 5.41) is 8.66. The third kappa shape index (κ3) is 2.78. The molecule has 0 amide bonds. The molecule has 3 nitrogen and oxygen atoms in total. The molecule has 3 heteroatoms. The zero-order chi connectivity index (χ0) is 9.72. The molecule has 0 bridgehead atoms. The van der Waals surface area contributed by atoms with Gasteiger partial charge in [-0.2, -0.15) is 0 Å². The highest BCUT2D eigenvalue weighted by molar-refractivity contribution is 5.86. The number of hydrogen-bond acceptors (Lipinski definition) is 2. The fourth-order valence-corrected chi connectivity index (χ4v) is 0.853. The number of rotatable bonds is 4. The summed E-state index contributed by atoms with van der Waals surface area (Å²) in [6.45, 7) is 8.62. The van der Waals surface area contributed by atoms with E-state index in [1.807, 2.05) is 13.8 Å². The smallest absolute Gasteiger partial charge is 0.334 e. The molecule has 68 valence electrons. The van der Waals surface area contributed by atoms with Crippen molar-refractivity contribution in [2.45, 2.75) is 20.8 Å². The highest BCUT2D eigenvalue weighted by atomic mass is 16.5. The molecule has 0 aliphatic carbocycles. The molecule has 0 atom stereocenters. The molecule has 0 saturated heterocycles. The third-order valence-corrected chi connectivity index (χ3v) is 1.43. The molecule has 0 aromatic carbocycles. The number of aliphatic carboxylic acids is 1. The molecule has 0 unspecified atom stereocenters. The van der Waals surface area contributed by atoms with E-state index in [2.05, 4.69) is 6.58 Å². The van der Waals surface area contributed by atoms with Crippen molar-refractivity contribution >= 4 is 5.97 Å². The highest BCUT2D eigenvalue weighted by Crippen LogP contribution is 2.16. The van der Waals surface area contributed by atoms with Crippen molar-refractivity contribution in [3.8, 4) is 0 Å². The number of hydrogen-bond donors (Lipinski definition) is 1. The van der Waals surface area contributed by atoms with E-state index in [1.165, 1.54) is 13.2 Å². The van der Waals surface area contributed by atoms with E-state index >= 15 is 0 Å². The van der Waals surface area contributed by atoms with Crippen LogP contribution in [0.1, 0.15) is 20.8 Å². The lowest BCUT2D eigenvalue weighted by Crippen LogP contribution is -2.06. The molecule has 0 radical (unpaired) electrons. The first-order valence-electron chi connectivity index (χ1n) is 3.72. The van der Waals surface area contributed by atoms with Crippen LogP contribution in [-0.4, -0.2) is 11.1 Å². The van der Waals surface area contributed by atoms with E-state index in [4.69, 9.17) is 9.84 Å². The van der Waals surface area contributed by atoms with Crippen molar-refractivity contribution in [3.63, 3.8) is 0 Å². The van der Waals surface area contributed by atoms with Crippen molar-refractivity contribution < 1.29 is 14.6 Å². The Balaban J connectivity index is 4.79. The lowest BCUT2D eigenvalue weighted by atomic mass is 10.1. The van der Waals surface area contributed by atoms with Crippen LogP contribution >= 0.6 is 0 Å². The van der Waals surface area contributed by atoms with Crippen molar-refractivity contribution in [1.29, 1.82) is 0 Å². The van der Waals surface area contributed by atoms with Crippen LogP contribution < -0.4 is 0 Å². The van der Waals surface area contributed by atoms with Crippen LogP contribution in [0.25, 0.3) is 0 Å². The molecule has 0 aromatic heterocycles. The first kappa shape index (κ1) is 10.8. The first-order valence-corrected chi connectivity index (χ1v) is 3.72. The maximum Gasteiger partial charge on any atom is 0.334 e. The molecule has 0 rings (SSSR count). The van der Waals surface area contributed by atoms with Crippen molar-refractivity contribution in [2.75, 3.05) is 0 Å². The Hall–Kier alpha value is -1.25. The van der Waals surface area contributed by atoms with Crippen LogP contribution in [0.15, 0.2) is 24.2 Å². The summed E-state index contributed by atoms with van der Waals surface area (Å²) in [5.41, 5.74) is 0.227. The average Bonchev–Trinajstić information content (AvgIpc) is 1.98. The number of carboxylic acids is 1. The van der Waals surface area contributed by atoms with Gasteiger partial charge in [0.15, 0.2) is 0 Å². The van der Waals surface area contributed by atoms with E-state index in [9.17, 15) is 4.79 Å². The standard InChI is InChI=1S/C9H14O3/c1-5-12-8(6(2)3)7(4)9(10)11/h5-6H,1H2,2-4H3,(H,10,11). The van der Waals surface area contributed by atoms with Gasteiger partial charge >= 0.3 is 5.97 Å². The van der Waals surface area contributed by atoms with Crippen LogP contribution in [0, 0.1) is 5.92 Å². The van der Waals surface area contributed by atoms with Crippen molar-refractivity contribution in [2.24, 2.45) is 5.92 Å². The van der Waals surface area contributed by atoms with E-state index in [0.29, 0.717) is 5.76 Å². The van der Waals surface area contributed by atoms with Crippen molar-refractivity contribution in [1.82, 2.24) is 0 Å². The molecule has 1 N–H and O–H groups in total. The maximum absolute atomic E-state index is 10.5. The lowest BCUT2D eigenvalue weighted by molar-refractivity contribution is -0.132. The molecular formula is C9H14O3. The van der Waals surface area contributed by atoms with E-state index < -0.39 is 5.97 Å². The molecule has 0 aliphatic rings. The van der Waals surface area contributed by atoms with Crippen LogP contribution in [-0.2, 0) is 9.53 Å². The summed E-state index contributed by atoms with van der Waals surface area (Å²) in [5.74, 6) is -0.447. The Morgan fingerprint density at radius 3 is 2.33 bits per heavy atom. The summed E-state index contributed by atoms with van der Waals surface area (Å²) >= 11 is 0. The number of carbonyl (C=O) groups is 1. The normalized spacial score (nSPS) is 12.3. The minimum Gasteiger partial charge on any atom is -0.478 e. The molecule has 0 saturated carbocycles. The summed E-state index contributed by atoms with van der Waals surface area (Å²) in [7, 11) is 0. The molecule has 0 aromatic rings. The van der Waals surface area contributed by atoms with Gasteiger partial charge in [-0.15, -0.1) is 0 Å². The zero-order valence-corrected chi connectivity index (χ0v) is 7.63. The molecule has 0 aliphatic heterocycles. The van der Waals surface area contributed by atoms with Gasteiger partial charge in [0.2, 0.25) is 0 Å². The van der Waals surface area contributed by atoms with Gasteiger partial charge in [-0.25, -0.2) is 4.79 Å². The van der Waals surface area contributed by atoms with Crippen molar-refractivity contribution in [3.05, 3.63) is 24.2 Å². The zero-order valence-electron chi connectivity index (χ0n) is 7.63. The monoisotopic (exact) mass is 170 g/mol. The second-order valence-electron chi connectivity index (χ2n) is 2.73. The van der Waals surface area contributed by atoms with Gasteiger partial charge in [0.25, 0.3) is 0 Å². The minimum atomic E-state index is -0.958. The van der Waals surface area contributed by atoms with Gasteiger partial charge in [0, 0.05) is 5.92 Å². The molecule has 12 heavy (non-hydrogen) atoms. The predicted octanol–water partition coefficient (Wildman–Crippen LogP) is 2.16. The fraction of sp³-hybridized carbons (Fsp3) is 0.444. The van der Waals surface area contributed by atoms with E-state index in [0.717, 1.165) is 0 Å². The fourth-order valence-electron chi connectivity index (χ4n) is 0.853. The third-order valence-electron chi connectivity index (χ3n) is 1.43. The Morgan fingerprint density at radius 2 is 2.08 bits per heavy atom. The van der Waals surface area contributed by atoms with E-state index in [1.54, 1.807) is 0 Å². The number of carboxylic acid groups (broad SMARTS) is 1.